The van der Waals surface area contributed by atoms with Crippen LogP contribution in [0.4, 0.5) is 10.1 Å². The maximum absolute atomic E-state index is 14.8. The monoisotopic (exact) mass is 341 g/mol. The highest BCUT2D eigenvalue weighted by Crippen LogP contribution is 2.36. The van der Waals surface area contributed by atoms with Crippen molar-refractivity contribution < 1.29 is 22.7 Å². The number of phenols is 1. The van der Waals surface area contributed by atoms with Gasteiger partial charge in [-0.25, -0.2) is 13.4 Å². The van der Waals surface area contributed by atoms with E-state index in [1.54, 1.807) is 10.8 Å². The molecule has 2 fully saturated rings. The van der Waals surface area contributed by atoms with Gasteiger partial charge in [-0.15, -0.1) is 0 Å². The van der Waals surface area contributed by atoms with Crippen molar-refractivity contribution in [3.8, 4) is 5.75 Å². The van der Waals surface area contributed by atoms with E-state index in [0.717, 1.165) is 12.1 Å². The molecule has 7 nitrogen and oxygen atoms in total. The lowest BCUT2D eigenvalue weighted by Crippen LogP contribution is -2.30. The number of carbonyl (C=O) groups excluding carboxylic acids is 1. The molecule has 3 N–H and O–H groups in total. The largest absolute Gasteiger partial charge is 0.506 e. The average Bonchev–Trinajstić information content (AvgIpc) is 2.97. The lowest BCUT2D eigenvalue weighted by atomic mass is 10.0. The Balaban J connectivity index is 2.08. The first kappa shape index (κ1) is 15.8. The van der Waals surface area contributed by atoms with Gasteiger partial charge in [-0.1, -0.05) is 18.6 Å². The molecule has 0 bridgehead atoms. The van der Waals surface area contributed by atoms with Gasteiger partial charge >= 0.3 is 10.2 Å². The molecule has 0 spiro atoms. The average molecular weight is 341 g/mol. The number of phenolic OH excluding ortho intramolecular Hbond substituents is 1. The van der Waals surface area contributed by atoms with Gasteiger partial charge < -0.3 is 10.4 Å². The van der Waals surface area contributed by atoms with Crippen LogP contribution in [0.1, 0.15) is 12.5 Å². The number of aromatic hydroxyl groups is 1. The van der Waals surface area contributed by atoms with Crippen molar-refractivity contribution in [2.45, 2.75) is 6.92 Å². The van der Waals surface area contributed by atoms with Crippen LogP contribution in [-0.4, -0.2) is 39.1 Å². The number of nitrogens with zero attached hydrogens (tertiary/aromatic N) is 1. The van der Waals surface area contributed by atoms with E-state index >= 15 is 0 Å². The normalized spacial score (nSPS) is 25.1. The second-order valence-electron chi connectivity index (χ2n) is 5.62. The van der Waals surface area contributed by atoms with Crippen molar-refractivity contribution >= 4 is 27.9 Å². The van der Waals surface area contributed by atoms with Crippen molar-refractivity contribution in [2.24, 2.45) is 5.92 Å². The van der Waals surface area contributed by atoms with Gasteiger partial charge in [0, 0.05) is 18.7 Å². The number of carbonyl (C=O) groups is 1. The number of hydrogen-bond donors (Lipinski definition) is 3. The molecule has 0 aliphatic carbocycles. The molecule has 2 aliphatic rings. The van der Waals surface area contributed by atoms with Gasteiger partial charge in [0.25, 0.3) is 5.91 Å². The van der Waals surface area contributed by atoms with E-state index < -0.39 is 39.9 Å². The highest BCUT2D eigenvalue weighted by Gasteiger charge is 2.37. The number of hydrogen-bond acceptors (Lipinski definition) is 5. The van der Waals surface area contributed by atoms with Gasteiger partial charge in [-0.3, -0.25) is 4.79 Å². The van der Waals surface area contributed by atoms with E-state index in [4.69, 9.17) is 0 Å². The maximum Gasteiger partial charge on any atom is 0.326 e. The lowest BCUT2D eigenvalue weighted by Gasteiger charge is -2.18. The Morgan fingerprint density at radius 1 is 1.43 bits per heavy atom. The standard InChI is InChI=1S/C14H16FN3O4S/c1-8-5-16-6-10(8)4-9-2-3-11(19)14(13(9)15)18-7-12(20)17-23(18,21)22/h2-4,8,16,19H,5-7H2,1H3,(H,17,20)/b10-4+. The SMILES string of the molecule is CC1CNC/C1=C\c1ccc(O)c(N2CC(=O)NS2(=O)=O)c1F. The molecule has 1 amide bonds. The molecule has 2 saturated heterocycles. The van der Waals surface area contributed by atoms with Gasteiger partial charge in [0.15, 0.2) is 5.82 Å². The zero-order chi connectivity index (χ0) is 16.8. The fourth-order valence-corrected chi connectivity index (χ4v) is 3.86. The topological polar surface area (TPSA) is 98.7 Å². The van der Waals surface area contributed by atoms with Crippen LogP contribution in [0.2, 0.25) is 0 Å². The first-order valence-corrected chi connectivity index (χ1v) is 8.49. The summed E-state index contributed by atoms with van der Waals surface area (Å²) in [6, 6.07) is 2.60. The first-order valence-electron chi connectivity index (χ1n) is 7.05. The Morgan fingerprint density at radius 3 is 2.74 bits per heavy atom. The predicted octanol–water partition coefficient (Wildman–Crippen LogP) is 0.335. The van der Waals surface area contributed by atoms with Crippen molar-refractivity contribution in [1.82, 2.24) is 10.0 Å². The van der Waals surface area contributed by atoms with Crippen molar-refractivity contribution in [1.29, 1.82) is 0 Å². The molecule has 1 aromatic carbocycles. The van der Waals surface area contributed by atoms with Crippen LogP contribution >= 0.6 is 0 Å². The number of nitrogens with one attached hydrogen (secondary N) is 2. The summed E-state index contributed by atoms with van der Waals surface area (Å²) < 4.78 is 40.8. The van der Waals surface area contributed by atoms with Crippen molar-refractivity contribution in [2.75, 3.05) is 23.9 Å². The predicted molar refractivity (Wildman–Crippen MR) is 82.5 cm³/mol. The number of halogens is 1. The Bertz CT molecular complexity index is 806. The van der Waals surface area contributed by atoms with E-state index in [9.17, 15) is 22.7 Å². The molecule has 2 heterocycles. The van der Waals surface area contributed by atoms with E-state index in [2.05, 4.69) is 5.32 Å². The number of anilines is 1. The quantitative estimate of drug-likeness (QED) is 0.720. The van der Waals surface area contributed by atoms with Crippen molar-refractivity contribution in [3.05, 3.63) is 29.1 Å². The van der Waals surface area contributed by atoms with Crippen molar-refractivity contribution in [3.63, 3.8) is 0 Å². The second-order valence-corrected chi connectivity index (χ2v) is 7.22. The maximum atomic E-state index is 14.8. The van der Waals surface area contributed by atoms with E-state index in [1.165, 1.54) is 12.1 Å². The lowest BCUT2D eigenvalue weighted by molar-refractivity contribution is -0.117. The second kappa shape index (κ2) is 5.50. The number of rotatable bonds is 2. The van der Waals surface area contributed by atoms with Crippen LogP contribution in [0.25, 0.3) is 6.08 Å². The molecule has 1 unspecified atom stereocenters. The summed E-state index contributed by atoms with van der Waals surface area (Å²) in [5.74, 6) is -1.95. The smallest absolute Gasteiger partial charge is 0.326 e. The van der Waals surface area contributed by atoms with Crippen LogP contribution in [0.5, 0.6) is 5.75 Å². The van der Waals surface area contributed by atoms with E-state index in [1.807, 2.05) is 6.92 Å². The van der Waals surface area contributed by atoms with Crippen LogP contribution in [0, 0.1) is 11.7 Å². The minimum absolute atomic E-state index is 0.165. The summed E-state index contributed by atoms with van der Waals surface area (Å²) in [6.45, 7) is 2.85. The van der Waals surface area contributed by atoms with E-state index in [-0.39, 0.29) is 11.5 Å². The molecular formula is C14H16FN3O4S. The third kappa shape index (κ3) is 2.77. The minimum Gasteiger partial charge on any atom is -0.506 e. The summed E-state index contributed by atoms with van der Waals surface area (Å²) in [4.78, 5) is 11.3. The highest BCUT2D eigenvalue weighted by molar-refractivity contribution is 7.92. The summed E-state index contributed by atoms with van der Waals surface area (Å²) in [5.41, 5.74) is 0.633. The molecule has 1 atom stereocenters. The Hall–Kier alpha value is -2.13. The molecule has 0 saturated carbocycles. The zero-order valence-corrected chi connectivity index (χ0v) is 13.2. The molecule has 9 heteroatoms. The zero-order valence-electron chi connectivity index (χ0n) is 12.3. The third-order valence-corrected chi connectivity index (χ3v) is 5.33. The van der Waals surface area contributed by atoms with Crippen LogP contribution in [0.15, 0.2) is 17.7 Å². The molecule has 2 aliphatic heterocycles. The van der Waals surface area contributed by atoms with Gasteiger partial charge in [-0.2, -0.15) is 8.42 Å². The summed E-state index contributed by atoms with van der Waals surface area (Å²) in [6.07, 6.45) is 1.64. The van der Waals surface area contributed by atoms with E-state index in [0.29, 0.717) is 10.8 Å². The fourth-order valence-electron chi connectivity index (χ4n) is 2.70. The Kier molecular flexibility index (Phi) is 3.77. The summed E-state index contributed by atoms with van der Waals surface area (Å²) >= 11 is 0. The molecule has 0 aromatic heterocycles. The summed E-state index contributed by atoms with van der Waals surface area (Å²) in [7, 11) is -4.19. The minimum atomic E-state index is -4.19. The Morgan fingerprint density at radius 2 is 2.17 bits per heavy atom. The van der Waals surface area contributed by atoms with Gasteiger partial charge in [0.2, 0.25) is 0 Å². The molecule has 0 radical (unpaired) electrons. The Labute approximate surface area is 133 Å². The van der Waals surface area contributed by atoms with Crippen LogP contribution in [0.3, 0.4) is 0 Å². The van der Waals surface area contributed by atoms with Gasteiger partial charge in [0.05, 0.1) is 0 Å². The molecule has 124 valence electrons. The van der Waals surface area contributed by atoms with Gasteiger partial charge in [-0.05, 0) is 18.1 Å². The molecule has 3 rings (SSSR count). The number of amides is 1. The summed E-state index contributed by atoms with van der Waals surface area (Å²) in [5, 5.41) is 13.1. The first-order chi connectivity index (χ1) is 10.8. The highest BCUT2D eigenvalue weighted by atomic mass is 32.2. The number of benzene rings is 1. The van der Waals surface area contributed by atoms with Crippen LogP contribution < -0.4 is 14.3 Å². The van der Waals surface area contributed by atoms with Crippen LogP contribution in [-0.2, 0) is 15.0 Å². The molecule has 23 heavy (non-hydrogen) atoms. The third-order valence-electron chi connectivity index (χ3n) is 3.95. The van der Waals surface area contributed by atoms with Gasteiger partial charge in [0.1, 0.15) is 18.0 Å². The molecule has 1 aromatic rings. The molecular weight excluding hydrogens is 325 g/mol. The fraction of sp³-hybridized carbons (Fsp3) is 0.357.